The second-order valence-corrected chi connectivity index (χ2v) is 8.90. The summed E-state index contributed by atoms with van der Waals surface area (Å²) in [6.07, 6.45) is 1.48. The molecule has 0 N–H and O–H groups in total. The van der Waals surface area contributed by atoms with Crippen molar-refractivity contribution in [3.63, 3.8) is 0 Å². The molecule has 3 rings (SSSR count). The number of hydrogen-bond donors (Lipinski definition) is 0. The van der Waals surface area contributed by atoms with E-state index in [4.69, 9.17) is 13.2 Å². The molecule has 0 aromatic heterocycles. The Balaban J connectivity index is 1.50. The summed E-state index contributed by atoms with van der Waals surface area (Å²) in [5.41, 5.74) is -0.376. The van der Waals surface area contributed by atoms with E-state index in [1.54, 1.807) is 49.1 Å². The number of ether oxygens (including phenoxy) is 1. The summed E-state index contributed by atoms with van der Waals surface area (Å²) in [4.78, 5) is 25.7. The Bertz CT molecular complexity index is 826. The summed E-state index contributed by atoms with van der Waals surface area (Å²) in [5.74, 6) is -0.503. The van der Waals surface area contributed by atoms with E-state index in [9.17, 15) is 18.0 Å². The van der Waals surface area contributed by atoms with Gasteiger partial charge in [-0.05, 0) is 25.0 Å². The molecule has 9 nitrogen and oxygen atoms in total. The fraction of sp³-hybridized carbons (Fsp3) is 0.556. The standard InChI is InChI=1S/C18H24N2O7S/c1-18(2,12-25-16(21)14-7-4-3-5-8-14)13-26-28(23,24)27-20-15-9-6-10-19(11-15)17(20)22/h3-5,7-8,15H,6,9-13H2,1-2H3/t15-/m1/s1. The monoisotopic (exact) mass is 412 g/mol. The maximum atomic E-state index is 12.2. The van der Waals surface area contributed by atoms with Crippen molar-refractivity contribution >= 4 is 22.4 Å². The molecule has 10 heteroatoms. The third-order valence-electron chi connectivity index (χ3n) is 4.56. The minimum atomic E-state index is -4.42. The van der Waals surface area contributed by atoms with Gasteiger partial charge in [0.25, 0.3) is 0 Å². The van der Waals surface area contributed by atoms with Gasteiger partial charge in [-0.1, -0.05) is 32.0 Å². The number of hydroxylamine groups is 2. The molecule has 2 bridgehead atoms. The van der Waals surface area contributed by atoms with Crippen molar-refractivity contribution < 1.29 is 31.2 Å². The van der Waals surface area contributed by atoms with E-state index in [-0.39, 0.29) is 19.3 Å². The van der Waals surface area contributed by atoms with Crippen molar-refractivity contribution in [1.82, 2.24) is 9.96 Å². The second-order valence-electron chi connectivity index (χ2n) is 7.70. The normalized spacial score (nSPS) is 19.8. The molecule has 1 aromatic carbocycles. The zero-order valence-corrected chi connectivity index (χ0v) is 16.7. The Morgan fingerprint density at radius 1 is 1.21 bits per heavy atom. The molecule has 2 heterocycles. The third-order valence-corrected chi connectivity index (χ3v) is 5.31. The number of carbonyl (C=O) groups excluding carboxylic acids is 2. The number of carbonyl (C=O) groups is 2. The van der Waals surface area contributed by atoms with Gasteiger partial charge in [0.2, 0.25) is 0 Å². The van der Waals surface area contributed by atoms with Gasteiger partial charge in [0, 0.05) is 18.5 Å². The number of fused-ring (bicyclic) bond motifs is 2. The van der Waals surface area contributed by atoms with Crippen LogP contribution in [0.15, 0.2) is 30.3 Å². The first kappa shape index (κ1) is 20.6. The van der Waals surface area contributed by atoms with Crippen LogP contribution in [0.2, 0.25) is 0 Å². The van der Waals surface area contributed by atoms with Gasteiger partial charge < -0.3 is 9.64 Å². The number of nitrogens with zero attached hydrogens (tertiary/aromatic N) is 2. The molecular weight excluding hydrogens is 388 g/mol. The van der Waals surface area contributed by atoms with Crippen LogP contribution in [0, 0.1) is 5.41 Å². The molecule has 28 heavy (non-hydrogen) atoms. The van der Waals surface area contributed by atoms with Gasteiger partial charge in [0.15, 0.2) is 0 Å². The van der Waals surface area contributed by atoms with Crippen LogP contribution in [-0.4, -0.2) is 62.7 Å². The SMILES string of the molecule is CC(C)(COC(=O)c1ccccc1)COS(=O)(=O)ON1C(=O)N2CCC[C@@H]1C2. The number of benzene rings is 1. The number of esters is 1. The highest BCUT2D eigenvalue weighted by atomic mass is 32.3. The van der Waals surface area contributed by atoms with Gasteiger partial charge in [-0.25, -0.2) is 13.8 Å². The Morgan fingerprint density at radius 2 is 1.93 bits per heavy atom. The van der Waals surface area contributed by atoms with Crippen molar-refractivity contribution in [2.75, 3.05) is 26.3 Å². The fourth-order valence-corrected chi connectivity index (χ4v) is 3.91. The summed E-state index contributed by atoms with van der Waals surface area (Å²) in [7, 11) is -4.42. The first-order chi connectivity index (χ1) is 13.2. The number of piperidine rings is 1. The van der Waals surface area contributed by atoms with Crippen molar-refractivity contribution in [3.05, 3.63) is 35.9 Å². The van der Waals surface area contributed by atoms with Crippen LogP contribution in [-0.2, 0) is 23.6 Å². The number of hydrogen-bond acceptors (Lipinski definition) is 7. The highest BCUT2D eigenvalue weighted by Gasteiger charge is 2.43. The zero-order chi connectivity index (χ0) is 20.4. The van der Waals surface area contributed by atoms with E-state index >= 15 is 0 Å². The first-order valence-corrected chi connectivity index (χ1v) is 10.4. The Kier molecular flexibility index (Phi) is 5.92. The van der Waals surface area contributed by atoms with Crippen LogP contribution in [0.3, 0.4) is 0 Å². The molecule has 0 spiro atoms. The largest absolute Gasteiger partial charge is 0.461 e. The van der Waals surface area contributed by atoms with Gasteiger partial charge >= 0.3 is 22.4 Å². The van der Waals surface area contributed by atoms with Gasteiger partial charge in [-0.3, -0.25) is 0 Å². The fourth-order valence-electron chi connectivity index (χ4n) is 3.02. The summed E-state index contributed by atoms with van der Waals surface area (Å²) < 4.78 is 39.4. The van der Waals surface area contributed by atoms with Crippen LogP contribution >= 0.6 is 0 Å². The summed E-state index contributed by atoms with van der Waals surface area (Å²) in [6, 6.07) is 7.73. The van der Waals surface area contributed by atoms with E-state index in [1.807, 2.05) is 0 Å². The predicted octanol–water partition coefficient (Wildman–Crippen LogP) is 1.96. The van der Waals surface area contributed by atoms with E-state index in [1.165, 1.54) is 0 Å². The molecule has 2 saturated heterocycles. The Morgan fingerprint density at radius 3 is 2.61 bits per heavy atom. The van der Waals surface area contributed by atoms with Crippen molar-refractivity contribution in [2.24, 2.45) is 5.41 Å². The van der Waals surface area contributed by atoms with E-state index < -0.39 is 27.8 Å². The smallest absolute Gasteiger partial charge is 0.421 e. The molecular formula is C18H24N2O7S. The highest BCUT2D eigenvalue weighted by molar-refractivity contribution is 7.81. The maximum absolute atomic E-state index is 12.2. The molecule has 0 aliphatic carbocycles. The number of amides is 2. The Labute approximate surface area is 164 Å². The quantitative estimate of drug-likeness (QED) is 0.602. The lowest BCUT2D eigenvalue weighted by Crippen LogP contribution is -2.37. The lowest BCUT2D eigenvalue weighted by atomic mass is 9.96. The second kappa shape index (κ2) is 8.06. The lowest BCUT2D eigenvalue weighted by molar-refractivity contribution is -0.0417. The highest BCUT2D eigenvalue weighted by Crippen LogP contribution is 2.27. The first-order valence-electron chi connectivity index (χ1n) is 9.06. The van der Waals surface area contributed by atoms with Crippen LogP contribution in [0.4, 0.5) is 4.79 Å². The van der Waals surface area contributed by atoms with Crippen molar-refractivity contribution in [2.45, 2.75) is 32.7 Å². The summed E-state index contributed by atoms with van der Waals surface area (Å²) in [6.45, 7) is 4.12. The molecule has 2 amide bonds. The van der Waals surface area contributed by atoms with Crippen LogP contribution in [0.25, 0.3) is 0 Å². The van der Waals surface area contributed by atoms with Gasteiger partial charge in [-0.15, -0.1) is 4.28 Å². The summed E-state index contributed by atoms with van der Waals surface area (Å²) in [5, 5.41) is 0.880. The number of rotatable bonds is 8. The zero-order valence-electron chi connectivity index (χ0n) is 15.9. The van der Waals surface area contributed by atoms with E-state index in [0.29, 0.717) is 25.1 Å². The predicted molar refractivity (Wildman–Crippen MR) is 98.3 cm³/mol. The average Bonchev–Trinajstić information content (AvgIpc) is 2.88. The molecule has 2 fully saturated rings. The summed E-state index contributed by atoms with van der Waals surface area (Å²) >= 11 is 0. The molecule has 2 aliphatic heterocycles. The van der Waals surface area contributed by atoms with Crippen LogP contribution in [0.5, 0.6) is 0 Å². The Hall–Kier alpha value is -2.17. The maximum Gasteiger partial charge on any atom is 0.421 e. The van der Waals surface area contributed by atoms with Gasteiger partial charge in [-0.2, -0.15) is 13.5 Å². The lowest BCUT2D eigenvalue weighted by Gasteiger charge is -2.25. The molecule has 0 unspecified atom stereocenters. The number of urea groups is 1. The third kappa shape index (κ3) is 5.00. The molecule has 1 aromatic rings. The van der Waals surface area contributed by atoms with Gasteiger partial charge in [0.1, 0.15) is 0 Å². The van der Waals surface area contributed by atoms with Crippen molar-refractivity contribution in [3.8, 4) is 0 Å². The molecule has 2 aliphatic rings. The average molecular weight is 412 g/mol. The molecule has 1 atom stereocenters. The van der Waals surface area contributed by atoms with E-state index in [0.717, 1.165) is 11.5 Å². The minimum Gasteiger partial charge on any atom is -0.461 e. The van der Waals surface area contributed by atoms with Crippen molar-refractivity contribution in [1.29, 1.82) is 0 Å². The topological polar surface area (TPSA) is 102 Å². The van der Waals surface area contributed by atoms with Crippen LogP contribution in [0.1, 0.15) is 37.0 Å². The minimum absolute atomic E-state index is 0.0463. The van der Waals surface area contributed by atoms with Crippen LogP contribution < -0.4 is 0 Å². The molecule has 154 valence electrons. The molecule has 0 saturated carbocycles. The van der Waals surface area contributed by atoms with Gasteiger partial charge in [0.05, 0.1) is 24.8 Å². The van der Waals surface area contributed by atoms with E-state index in [2.05, 4.69) is 0 Å². The molecule has 0 radical (unpaired) electrons.